The number of benzene rings is 1. The number of aromatic nitrogens is 2. The van der Waals surface area contributed by atoms with Gasteiger partial charge in [0.1, 0.15) is 12.4 Å². The summed E-state index contributed by atoms with van der Waals surface area (Å²) >= 11 is 0. The molecule has 0 aliphatic rings. The Labute approximate surface area is 148 Å². The summed E-state index contributed by atoms with van der Waals surface area (Å²) in [6.45, 7) is 9.42. The molecule has 1 aromatic carbocycles. The maximum Gasteiger partial charge on any atom is 0.227 e. The molecule has 7 nitrogen and oxygen atoms in total. The predicted octanol–water partition coefficient (Wildman–Crippen LogP) is 2.67. The first-order valence-electron chi connectivity index (χ1n) is 8.65. The summed E-state index contributed by atoms with van der Waals surface area (Å²) in [5, 5.41) is 6.60. The van der Waals surface area contributed by atoms with Gasteiger partial charge < -0.3 is 19.5 Å². The number of nitrogens with one attached hydrogen (secondary N) is 1. The normalized spacial score (nSPS) is 10.9. The lowest BCUT2D eigenvalue weighted by atomic mass is 10.2. The van der Waals surface area contributed by atoms with Gasteiger partial charge in [-0.25, -0.2) is 0 Å². The molecule has 0 atom stereocenters. The number of nitrogens with zero attached hydrogens (tertiary/aromatic N) is 3. The number of hydrogen-bond donors (Lipinski definition) is 1. The SMILES string of the molecule is CCN(CC)CCOc1ccccc1NC(=O)CCc1nc(C)no1. The second kappa shape index (κ2) is 9.78. The average molecular weight is 346 g/mol. The van der Waals surface area contributed by atoms with Crippen molar-refractivity contribution in [2.75, 3.05) is 31.6 Å². The number of ether oxygens (including phenoxy) is 1. The summed E-state index contributed by atoms with van der Waals surface area (Å²) in [6.07, 6.45) is 0.688. The molecule has 7 heteroatoms. The van der Waals surface area contributed by atoms with E-state index in [-0.39, 0.29) is 12.3 Å². The van der Waals surface area contributed by atoms with Crippen molar-refractivity contribution in [1.82, 2.24) is 15.0 Å². The molecule has 136 valence electrons. The molecule has 1 aromatic heterocycles. The maximum atomic E-state index is 12.2. The molecule has 0 radical (unpaired) electrons. The van der Waals surface area contributed by atoms with Gasteiger partial charge in [-0.05, 0) is 32.1 Å². The third-order valence-corrected chi connectivity index (χ3v) is 3.86. The quantitative estimate of drug-likeness (QED) is 0.712. The third-order valence-electron chi connectivity index (χ3n) is 3.86. The van der Waals surface area contributed by atoms with Gasteiger partial charge in [0.25, 0.3) is 0 Å². The fourth-order valence-electron chi connectivity index (χ4n) is 2.40. The fourth-order valence-corrected chi connectivity index (χ4v) is 2.40. The van der Waals surface area contributed by atoms with E-state index in [1.54, 1.807) is 6.92 Å². The molecule has 1 heterocycles. The summed E-state index contributed by atoms with van der Waals surface area (Å²) < 4.78 is 10.9. The first-order chi connectivity index (χ1) is 12.1. The van der Waals surface area contributed by atoms with Gasteiger partial charge in [0.2, 0.25) is 11.8 Å². The Morgan fingerprint density at radius 2 is 2.04 bits per heavy atom. The van der Waals surface area contributed by atoms with Crippen LogP contribution in [0.5, 0.6) is 5.75 Å². The topological polar surface area (TPSA) is 80.5 Å². The van der Waals surface area contributed by atoms with Gasteiger partial charge in [-0.1, -0.05) is 31.1 Å². The smallest absolute Gasteiger partial charge is 0.227 e. The maximum absolute atomic E-state index is 12.2. The van der Waals surface area contributed by atoms with Crippen molar-refractivity contribution in [3.05, 3.63) is 36.0 Å². The highest BCUT2D eigenvalue weighted by Crippen LogP contribution is 2.24. The van der Waals surface area contributed by atoms with Crippen LogP contribution in [0.15, 0.2) is 28.8 Å². The van der Waals surface area contributed by atoms with Crippen molar-refractivity contribution in [3.8, 4) is 5.75 Å². The molecule has 0 unspecified atom stereocenters. The van der Waals surface area contributed by atoms with E-state index in [1.807, 2.05) is 24.3 Å². The van der Waals surface area contributed by atoms with E-state index in [0.717, 1.165) is 19.6 Å². The van der Waals surface area contributed by atoms with Crippen molar-refractivity contribution in [2.45, 2.75) is 33.6 Å². The molecule has 0 saturated heterocycles. The van der Waals surface area contributed by atoms with Gasteiger partial charge in [0, 0.05) is 19.4 Å². The van der Waals surface area contributed by atoms with E-state index in [2.05, 4.69) is 34.2 Å². The van der Waals surface area contributed by atoms with Gasteiger partial charge in [0.15, 0.2) is 5.82 Å². The van der Waals surface area contributed by atoms with E-state index in [4.69, 9.17) is 9.26 Å². The van der Waals surface area contributed by atoms with Crippen molar-refractivity contribution >= 4 is 11.6 Å². The molecule has 2 rings (SSSR count). The lowest BCUT2D eigenvalue weighted by molar-refractivity contribution is -0.116. The molecule has 25 heavy (non-hydrogen) atoms. The molecule has 1 amide bonds. The molecule has 0 aliphatic carbocycles. The average Bonchev–Trinajstić information content (AvgIpc) is 3.04. The van der Waals surface area contributed by atoms with Crippen LogP contribution in [-0.2, 0) is 11.2 Å². The Hall–Kier alpha value is -2.41. The standard InChI is InChI=1S/C18H26N4O3/c1-4-22(5-2)12-13-24-16-9-7-6-8-15(16)20-17(23)10-11-18-19-14(3)21-25-18/h6-9H,4-5,10-13H2,1-3H3,(H,20,23). The highest BCUT2D eigenvalue weighted by Gasteiger charge is 2.10. The Bertz CT molecular complexity index is 668. The minimum atomic E-state index is -0.115. The second-order valence-corrected chi connectivity index (χ2v) is 5.66. The van der Waals surface area contributed by atoms with Crippen LogP contribution in [0.3, 0.4) is 0 Å². The number of carbonyl (C=O) groups excluding carboxylic acids is 1. The van der Waals surface area contributed by atoms with Crippen molar-refractivity contribution in [1.29, 1.82) is 0 Å². The van der Waals surface area contributed by atoms with E-state index < -0.39 is 0 Å². The van der Waals surface area contributed by atoms with Crippen LogP contribution in [0.4, 0.5) is 5.69 Å². The van der Waals surface area contributed by atoms with E-state index in [9.17, 15) is 4.79 Å². The number of aryl methyl sites for hydroxylation is 2. The molecule has 0 saturated carbocycles. The van der Waals surface area contributed by atoms with Crippen LogP contribution in [0.1, 0.15) is 32.0 Å². The van der Waals surface area contributed by atoms with E-state index >= 15 is 0 Å². The van der Waals surface area contributed by atoms with Gasteiger partial charge in [0.05, 0.1) is 5.69 Å². The van der Waals surface area contributed by atoms with Gasteiger partial charge in [-0.15, -0.1) is 0 Å². The monoisotopic (exact) mass is 346 g/mol. The summed E-state index contributed by atoms with van der Waals surface area (Å²) in [4.78, 5) is 18.5. The van der Waals surface area contributed by atoms with Crippen LogP contribution in [0.25, 0.3) is 0 Å². The lowest BCUT2D eigenvalue weighted by Gasteiger charge is -2.19. The minimum Gasteiger partial charge on any atom is -0.490 e. The lowest BCUT2D eigenvalue weighted by Crippen LogP contribution is -2.28. The van der Waals surface area contributed by atoms with Gasteiger partial charge >= 0.3 is 0 Å². The number of anilines is 1. The molecule has 2 aromatic rings. The highest BCUT2D eigenvalue weighted by atomic mass is 16.5. The molecular weight excluding hydrogens is 320 g/mol. The summed E-state index contributed by atoms with van der Waals surface area (Å²) in [7, 11) is 0. The summed E-state index contributed by atoms with van der Waals surface area (Å²) in [5.74, 6) is 1.60. The Balaban J connectivity index is 1.85. The third kappa shape index (κ3) is 6.19. The van der Waals surface area contributed by atoms with Crippen LogP contribution in [0.2, 0.25) is 0 Å². The van der Waals surface area contributed by atoms with Gasteiger partial charge in [-0.2, -0.15) is 4.98 Å². The van der Waals surface area contributed by atoms with Crippen LogP contribution in [-0.4, -0.2) is 47.2 Å². The Morgan fingerprint density at radius 3 is 2.72 bits per heavy atom. The minimum absolute atomic E-state index is 0.115. The predicted molar refractivity (Wildman–Crippen MR) is 95.7 cm³/mol. The Morgan fingerprint density at radius 1 is 1.28 bits per heavy atom. The number of likely N-dealkylation sites (N-methyl/N-ethyl adjacent to an activating group) is 1. The zero-order valence-corrected chi connectivity index (χ0v) is 15.1. The van der Waals surface area contributed by atoms with Crippen molar-refractivity contribution in [2.24, 2.45) is 0 Å². The molecule has 1 N–H and O–H groups in total. The molecular formula is C18H26N4O3. The van der Waals surface area contributed by atoms with Crippen molar-refractivity contribution in [3.63, 3.8) is 0 Å². The number of rotatable bonds is 10. The van der Waals surface area contributed by atoms with E-state index in [1.165, 1.54) is 0 Å². The number of carbonyl (C=O) groups is 1. The zero-order valence-electron chi connectivity index (χ0n) is 15.1. The summed E-state index contributed by atoms with van der Waals surface area (Å²) in [6, 6.07) is 7.46. The molecule has 0 spiro atoms. The molecule has 0 fully saturated rings. The number of amides is 1. The molecule has 0 bridgehead atoms. The van der Waals surface area contributed by atoms with Crippen LogP contribution < -0.4 is 10.1 Å². The van der Waals surface area contributed by atoms with Crippen LogP contribution in [0, 0.1) is 6.92 Å². The van der Waals surface area contributed by atoms with Crippen LogP contribution >= 0.6 is 0 Å². The zero-order chi connectivity index (χ0) is 18.1. The fraction of sp³-hybridized carbons (Fsp3) is 0.500. The van der Waals surface area contributed by atoms with Crippen molar-refractivity contribution < 1.29 is 14.1 Å². The second-order valence-electron chi connectivity index (χ2n) is 5.66. The highest BCUT2D eigenvalue weighted by molar-refractivity contribution is 5.92. The number of para-hydroxylation sites is 2. The first kappa shape index (κ1) is 18.9. The Kier molecular flexibility index (Phi) is 7.40. The summed E-state index contributed by atoms with van der Waals surface area (Å²) in [5.41, 5.74) is 0.675. The largest absolute Gasteiger partial charge is 0.490 e. The molecule has 0 aliphatic heterocycles. The number of hydrogen-bond acceptors (Lipinski definition) is 6. The van der Waals surface area contributed by atoms with E-state index in [0.29, 0.717) is 36.2 Å². The first-order valence-corrected chi connectivity index (χ1v) is 8.65. The van der Waals surface area contributed by atoms with Gasteiger partial charge in [-0.3, -0.25) is 4.79 Å².